The first-order valence-electron chi connectivity index (χ1n) is 11.6. The van der Waals surface area contributed by atoms with Crippen molar-refractivity contribution in [3.05, 3.63) is 76.4 Å². The molecule has 3 atom stereocenters. The first kappa shape index (κ1) is 21.7. The largest absolute Gasteiger partial charge is 0.382 e. The van der Waals surface area contributed by atoms with Gasteiger partial charge in [-0.05, 0) is 79.5 Å². The number of hydrogen-bond donors (Lipinski definition) is 1. The van der Waals surface area contributed by atoms with Crippen molar-refractivity contribution in [2.24, 2.45) is 11.8 Å². The van der Waals surface area contributed by atoms with Crippen LogP contribution >= 0.6 is 0 Å². The Kier molecular flexibility index (Phi) is 5.30. The number of hydrogen-bond acceptors (Lipinski definition) is 5. The number of piperidine rings is 1. The molecule has 5 nitrogen and oxygen atoms in total. The van der Waals surface area contributed by atoms with Gasteiger partial charge in [-0.15, -0.1) is 0 Å². The van der Waals surface area contributed by atoms with Gasteiger partial charge in [0.1, 0.15) is 23.3 Å². The Labute approximate surface area is 193 Å². The third-order valence-corrected chi connectivity index (χ3v) is 7.96. The number of nitrogens with two attached hydrogens (primary N) is 1. The zero-order chi connectivity index (χ0) is 23.3. The van der Waals surface area contributed by atoms with Crippen LogP contribution in [0.2, 0.25) is 0 Å². The quantitative estimate of drug-likeness (QED) is 0.609. The summed E-state index contributed by atoms with van der Waals surface area (Å²) in [5.74, 6) is 1.10. The molecule has 1 aromatic carbocycles. The Morgan fingerprint density at radius 1 is 1.15 bits per heavy atom. The van der Waals surface area contributed by atoms with Crippen molar-refractivity contribution < 1.29 is 8.78 Å². The second-order valence-corrected chi connectivity index (χ2v) is 9.38. The molecule has 0 spiro atoms. The monoisotopic (exact) mass is 449 g/mol. The smallest absolute Gasteiger partial charge is 0.149 e. The molecule has 2 N–H and O–H groups in total. The summed E-state index contributed by atoms with van der Waals surface area (Å²) in [4.78, 5) is 15.8. The van der Waals surface area contributed by atoms with E-state index in [1.165, 1.54) is 18.2 Å². The maximum atomic E-state index is 14.7. The molecule has 1 saturated heterocycles. The fraction of sp³-hybridized carbons (Fsp3) is 0.423. The van der Waals surface area contributed by atoms with Gasteiger partial charge in [0.15, 0.2) is 0 Å². The Morgan fingerprint density at radius 2 is 1.97 bits per heavy atom. The molecule has 0 amide bonds. The van der Waals surface area contributed by atoms with Gasteiger partial charge in [-0.1, -0.05) is 6.92 Å². The van der Waals surface area contributed by atoms with Crippen molar-refractivity contribution in [2.75, 3.05) is 23.7 Å². The summed E-state index contributed by atoms with van der Waals surface area (Å²) < 4.78 is 28.6. The zero-order valence-corrected chi connectivity index (χ0v) is 19.3. The zero-order valence-electron chi connectivity index (χ0n) is 19.3. The van der Waals surface area contributed by atoms with Gasteiger partial charge >= 0.3 is 0 Å². The van der Waals surface area contributed by atoms with Crippen molar-refractivity contribution in [1.29, 1.82) is 0 Å². The van der Waals surface area contributed by atoms with Gasteiger partial charge in [0.25, 0.3) is 0 Å². The van der Waals surface area contributed by atoms with Crippen LogP contribution < -0.4 is 10.6 Å². The Hall–Kier alpha value is -3.09. The second-order valence-electron chi connectivity index (χ2n) is 9.38. The van der Waals surface area contributed by atoms with E-state index in [0.717, 1.165) is 54.3 Å². The van der Waals surface area contributed by atoms with Crippen molar-refractivity contribution in [3.8, 4) is 0 Å². The number of nitrogen functional groups attached to an aromatic ring is 1. The van der Waals surface area contributed by atoms with Crippen LogP contribution in [-0.4, -0.2) is 28.0 Å². The summed E-state index contributed by atoms with van der Waals surface area (Å²) in [6.45, 7) is 7.66. The fourth-order valence-corrected chi connectivity index (χ4v) is 5.93. The maximum Gasteiger partial charge on any atom is 0.149 e. The van der Waals surface area contributed by atoms with E-state index in [9.17, 15) is 8.78 Å². The van der Waals surface area contributed by atoms with Crippen LogP contribution in [0.25, 0.3) is 0 Å². The van der Waals surface area contributed by atoms with Crippen LogP contribution in [0.1, 0.15) is 47.8 Å². The average molecular weight is 450 g/mol. The number of halogens is 2. The number of benzene rings is 1. The van der Waals surface area contributed by atoms with Gasteiger partial charge in [0, 0.05) is 36.8 Å². The van der Waals surface area contributed by atoms with Crippen LogP contribution in [0.15, 0.2) is 36.7 Å². The van der Waals surface area contributed by atoms with Crippen molar-refractivity contribution in [1.82, 2.24) is 15.0 Å². The minimum atomic E-state index is -0.381. The van der Waals surface area contributed by atoms with E-state index in [2.05, 4.69) is 33.7 Å². The molecule has 3 heterocycles. The topological polar surface area (TPSA) is 67.9 Å². The van der Waals surface area contributed by atoms with Crippen LogP contribution in [0, 0.1) is 37.3 Å². The summed E-state index contributed by atoms with van der Waals surface area (Å²) in [7, 11) is 0. The number of anilines is 2. The lowest BCUT2D eigenvalue weighted by atomic mass is 9.88. The Balaban J connectivity index is 1.36. The lowest BCUT2D eigenvalue weighted by molar-refractivity contribution is 0.507. The molecule has 5 rings (SSSR count). The molecule has 1 aliphatic heterocycles. The predicted octanol–water partition coefficient (Wildman–Crippen LogP) is 4.74. The molecular formula is C26H29F2N5. The lowest BCUT2D eigenvalue weighted by Gasteiger charge is -2.27. The molecule has 3 aromatic rings. The summed E-state index contributed by atoms with van der Waals surface area (Å²) >= 11 is 0. The highest BCUT2D eigenvalue weighted by molar-refractivity contribution is 5.50. The number of pyridine rings is 1. The standard InChI is InChI=1S/C26H29F2N5/c1-4-26(20-12-18(27)5-6-22(20)28)19-8-10-33(14-21(19)26)24-13-31-23(25(29)32-24)11-17-7-9-30-16(3)15(17)2/h5-7,9,12-13,19,21H,4,8,10-11,14H2,1-3H3,(H2,29,32)/t19?,21?,26-/m1/s1. The lowest BCUT2D eigenvalue weighted by Crippen LogP contribution is -2.32. The maximum absolute atomic E-state index is 14.7. The predicted molar refractivity (Wildman–Crippen MR) is 125 cm³/mol. The Morgan fingerprint density at radius 3 is 2.73 bits per heavy atom. The molecule has 2 aromatic heterocycles. The molecule has 2 aliphatic rings. The molecule has 33 heavy (non-hydrogen) atoms. The third kappa shape index (κ3) is 3.54. The van der Waals surface area contributed by atoms with Crippen molar-refractivity contribution in [3.63, 3.8) is 0 Å². The number of aryl methyl sites for hydroxylation is 1. The molecule has 0 radical (unpaired) electrons. The highest BCUT2D eigenvalue weighted by Crippen LogP contribution is 2.65. The normalized spacial score (nSPS) is 24.0. The van der Waals surface area contributed by atoms with Crippen LogP contribution in [-0.2, 0) is 11.8 Å². The molecule has 2 unspecified atom stereocenters. The van der Waals surface area contributed by atoms with Crippen LogP contribution in [0.3, 0.4) is 0 Å². The van der Waals surface area contributed by atoms with E-state index in [1.807, 2.05) is 13.0 Å². The average Bonchev–Trinajstić information content (AvgIpc) is 3.47. The molecule has 172 valence electrons. The fourth-order valence-electron chi connectivity index (χ4n) is 5.93. The molecule has 7 heteroatoms. The van der Waals surface area contributed by atoms with Gasteiger partial charge in [0.2, 0.25) is 0 Å². The van der Waals surface area contributed by atoms with Crippen molar-refractivity contribution >= 4 is 11.6 Å². The van der Waals surface area contributed by atoms with Crippen LogP contribution in [0.4, 0.5) is 20.4 Å². The Bertz CT molecular complexity index is 1210. The van der Waals surface area contributed by atoms with Gasteiger partial charge in [-0.2, -0.15) is 0 Å². The van der Waals surface area contributed by atoms with E-state index in [4.69, 9.17) is 5.73 Å². The molecule has 2 fully saturated rings. The summed E-state index contributed by atoms with van der Waals surface area (Å²) in [6.07, 6.45) is 5.89. The molecule has 1 aliphatic carbocycles. The highest BCUT2D eigenvalue weighted by atomic mass is 19.1. The van der Waals surface area contributed by atoms with Gasteiger partial charge in [-0.25, -0.2) is 13.8 Å². The highest BCUT2D eigenvalue weighted by Gasteiger charge is 2.66. The summed E-state index contributed by atoms with van der Waals surface area (Å²) in [6, 6.07) is 5.82. The second kappa shape index (κ2) is 8.04. The van der Waals surface area contributed by atoms with Gasteiger partial charge < -0.3 is 10.6 Å². The first-order chi connectivity index (χ1) is 15.8. The minimum absolute atomic E-state index is 0.262. The van der Waals surface area contributed by atoms with Gasteiger partial charge in [0.05, 0.1) is 11.9 Å². The van der Waals surface area contributed by atoms with Gasteiger partial charge in [-0.3, -0.25) is 9.97 Å². The van der Waals surface area contributed by atoms with E-state index in [-0.39, 0.29) is 23.0 Å². The number of nitrogens with zero attached hydrogens (tertiary/aromatic N) is 4. The molecule has 0 bridgehead atoms. The first-order valence-corrected chi connectivity index (χ1v) is 11.6. The SMILES string of the molecule is CC[C@]1(c2cc(F)ccc2F)C2CCN(c3cnc(Cc4ccnc(C)c4C)c(N)n3)CC21. The molecule has 1 saturated carbocycles. The van der Waals surface area contributed by atoms with E-state index in [1.54, 1.807) is 12.4 Å². The molecular weight excluding hydrogens is 420 g/mol. The minimum Gasteiger partial charge on any atom is -0.382 e. The number of fused-ring (bicyclic) bond motifs is 1. The van der Waals surface area contributed by atoms with E-state index in [0.29, 0.717) is 23.7 Å². The van der Waals surface area contributed by atoms with E-state index >= 15 is 0 Å². The number of aromatic nitrogens is 3. The number of rotatable bonds is 5. The van der Waals surface area contributed by atoms with Crippen LogP contribution in [0.5, 0.6) is 0 Å². The summed E-state index contributed by atoms with van der Waals surface area (Å²) in [5, 5.41) is 0. The van der Waals surface area contributed by atoms with E-state index < -0.39 is 0 Å². The summed E-state index contributed by atoms with van der Waals surface area (Å²) in [5.41, 5.74) is 10.5. The third-order valence-electron chi connectivity index (χ3n) is 7.96. The van der Waals surface area contributed by atoms with Crippen molar-refractivity contribution in [2.45, 2.75) is 45.4 Å².